The van der Waals surface area contributed by atoms with Gasteiger partial charge in [0.15, 0.2) is 0 Å². The smallest absolute Gasteiger partial charge is 0.141 e. The van der Waals surface area contributed by atoms with Gasteiger partial charge in [0.2, 0.25) is 0 Å². The largest absolute Gasteiger partial charge is 0.295 e. The van der Waals surface area contributed by atoms with Gasteiger partial charge in [-0.2, -0.15) is 5.10 Å². The molecule has 1 aromatic heterocycles. The van der Waals surface area contributed by atoms with Crippen molar-refractivity contribution in [3.63, 3.8) is 0 Å². The average molecular weight is 245 g/mol. The lowest BCUT2D eigenvalue weighted by Crippen LogP contribution is -2.27. The maximum absolute atomic E-state index is 5.75. The van der Waals surface area contributed by atoms with Gasteiger partial charge in [-0.25, -0.2) is 9.67 Å². The van der Waals surface area contributed by atoms with E-state index in [9.17, 15) is 0 Å². The molecule has 1 heterocycles. The summed E-state index contributed by atoms with van der Waals surface area (Å²) in [7, 11) is 0. The summed E-state index contributed by atoms with van der Waals surface area (Å²) in [4.78, 5) is 6.58. The molecule has 0 unspecified atom stereocenters. The molecule has 0 aliphatic carbocycles. The van der Waals surface area contributed by atoms with E-state index in [1.807, 2.05) is 4.68 Å². The molecule has 0 N–H and O–H groups in total. The minimum atomic E-state index is 0.587. The standard InChI is InChI=1S/C11H21ClN4/c1-4-15(6-5-12)8-11-13-9-14-16(11)7-10(2)3/h9-10H,4-8H2,1-3H3. The van der Waals surface area contributed by atoms with Crippen LogP contribution in [0.4, 0.5) is 0 Å². The summed E-state index contributed by atoms with van der Waals surface area (Å²) < 4.78 is 1.99. The minimum absolute atomic E-state index is 0.587. The summed E-state index contributed by atoms with van der Waals surface area (Å²) in [5.41, 5.74) is 0. The molecule has 0 aliphatic rings. The van der Waals surface area contributed by atoms with Gasteiger partial charge in [0.1, 0.15) is 12.2 Å². The van der Waals surface area contributed by atoms with E-state index >= 15 is 0 Å². The van der Waals surface area contributed by atoms with Gasteiger partial charge in [-0.15, -0.1) is 11.6 Å². The highest BCUT2D eigenvalue weighted by Crippen LogP contribution is 2.04. The van der Waals surface area contributed by atoms with E-state index in [-0.39, 0.29) is 0 Å². The maximum atomic E-state index is 5.75. The van der Waals surface area contributed by atoms with E-state index in [0.29, 0.717) is 11.8 Å². The molecule has 0 spiro atoms. The highest BCUT2D eigenvalue weighted by molar-refractivity contribution is 6.18. The Hall–Kier alpha value is -0.610. The van der Waals surface area contributed by atoms with Crippen molar-refractivity contribution in [2.45, 2.75) is 33.9 Å². The van der Waals surface area contributed by atoms with Crippen LogP contribution in [0.3, 0.4) is 0 Å². The summed E-state index contributed by atoms with van der Waals surface area (Å²) in [6.07, 6.45) is 1.63. The third-order valence-corrected chi connectivity index (χ3v) is 2.62. The quantitative estimate of drug-likeness (QED) is 0.688. The zero-order valence-corrected chi connectivity index (χ0v) is 11.1. The van der Waals surface area contributed by atoms with Crippen molar-refractivity contribution in [1.82, 2.24) is 19.7 Å². The SMILES string of the molecule is CCN(CCCl)Cc1ncnn1CC(C)C. The molecule has 16 heavy (non-hydrogen) atoms. The van der Waals surface area contributed by atoms with Gasteiger partial charge < -0.3 is 0 Å². The predicted molar refractivity (Wildman–Crippen MR) is 66.5 cm³/mol. The van der Waals surface area contributed by atoms with Crippen LogP contribution >= 0.6 is 11.6 Å². The van der Waals surface area contributed by atoms with Gasteiger partial charge in [-0.05, 0) is 12.5 Å². The first-order chi connectivity index (χ1) is 7.67. The van der Waals surface area contributed by atoms with Crippen molar-refractivity contribution >= 4 is 11.6 Å². The molecule has 0 radical (unpaired) electrons. The van der Waals surface area contributed by atoms with E-state index in [1.165, 1.54) is 0 Å². The molecule has 5 heteroatoms. The Morgan fingerprint density at radius 1 is 1.50 bits per heavy atom. The van der Waals surface area contributed by atoms with Crippen LogP contribution in [0.2, 0.25) is 0 Å². The van der Waals surface area contributed by atoms with Crippen molar-refractivity contribution in [2.24, 2.45) is 5.92 Å². The molecule has 0 aromatic carbocycles. The monoisotopic (exact) mass is 244 g/mol. The summed E-state index contributed by atoms with van der Waals surface area (Å²) in [5.74, 6) is 2.27. The molecule has 0 amide bonds. The first-order valence-corrected chi connectivity index (χ1v) is 6.35. The van der Waals surface area contributed by atoms with Crippen molar-refractivity contribution in [2.75, 3.05) is 19.0 Å². The molecule has 1 aromatic rings. The zero-order valence-electron chi connectivity index (χ0n) is 10.4. The minimum Gasteiger partial charge on any atom is -0.295 e. The molecule has 4 nitrogen and oxygen atoms in total. The fraction of sp³-hybridized carbons (Fsp3) is 0.818. The topological polar surface area (TPSA) is 34.0 Å². The van der Waals surface area contributed by atoms with Gasteiger partial charge in [0, 0.05) is 19.0 Å². The number of aromatic nitrogens is 3. The lowest BCUT2D eigenvalue weighted by molar-refractivity contribution is 0.280. The van der Waals surface area contributed by atoms with Crippen molar-refractivity contribution in [3.8, 4) is 0 Å². The Bertz CT molecular complexity index is 298. The highest BCUT2D eigenvalue weighted by Gasteiger charge is 2.10. The summed E-state index contributed by atoms with van der Waals surface area (Å²) >= 11 is 5.75. The van der Waals surface area contributed by atoms with Crippen LogP contribution in [0.1, 0.15) is 26.6 Å². The molecule has 0 saturated carbocycles. The normalized spacial score (nSPS) is 11.6. The summed E-state index contributed by atoms with van der Waals surface area (Å²) in [6, 6.07) is 0. The van der Waals surface area contributed by atoms with E-state index < -0.39 is 0 Å². The summed E-state index contributed by atoms with van der Waals surface area (Å²) in [6.45, 7) is 10.1. The van der Waals surface area contributed by atoms with Crippen LogP contribution in [0.25, 0.3) is 0 Å². The second-order valence-electron chi connectivity index (χ2n) is 4.31. The van der Waals surface area contributed by atoms with E-state index in [2.05, 4.69) is 35.8 Å². The van der Waals surface area contributed by atoms with Crippen LogP contribution in [-0.2, 0) is 13.1 Å². The Balaban J connectivity index is 2.61. The van der Waals surface area contributed by atoms with E-state index in [4.69, 9.17) is 11.6 Å². The van der Waals surface area contributed by atoms with Gasteiger partial charge >= 0.3 is 0 Å². The number of hydrogen-bond acceptors (Lipinski definition) is 3. The van der Waals surface area contributed by atoms with E-state index in [1.54, 1.807) is 6.33 Å². The Morgan fingerprint density at radius 3 is 2.81 bits per heavy atom. The van der Waals surface area contributed by atoms with Crippen LogP contribution in [0, 0.1) is 5.92 Å². The first kappa shape index (κ1) is 13.5. The third kappa shape index (κ3) is 4.10. The molecule has 0 atom stereocenters. The lowest BCUT2D eigenvalue weighted by atomic mass is 10.2. The van der Waals surface area contributed by atoms with Gasteiger partial charge in [-0.1, -0.05) is 20.8 Å². The average Bonchev–Trinajstić information content (AvgIpc) is 2.64. The Kier molecular flexibility index (Phi) is 5.77. The fourth-order valence-corrected chi connectivity index (χ4v) is 1.82. The predicted octanol–water partition coefficient (Wildman–Crippen LogP) is 1.99. The van der Waals surface area contributed by atoms with Crippen LogP contribution in [-0.4, -0.2) is 38.6 Å². The molecule has 0 saturated heterocycles. The van der Waals surface area contributed by atoms with Gasteiger partial charge in [0.05, 0.1) is 6.54 Å². The molecule has 0 fully saturated rings. The molecular formula is C11H21ClN4. The lowest BCUT2D eigenvalue weighted by Gasteiger charge is -2.19. The Labute approximate surface area is 103 Å². The van der Waals surface area contributed by atoms with Gasteiger partial charge in [0.25, 0.3) is 0 Å². The van der Waals surface area contributed by atoms with Crippen LogP contribution in [0.15, 0.2) is 6.33 Å². The molecular weight excluding hydrogens is 224 g/mol. The second kappa shape index (κ2) is 6.86. The first-order valence-electron chi connectivity index (χ1n) is 5.82. The number of alkyl halides is 1. The number of rotatable bonds is 7. The van der Waals surface area contributed by atoms with Gasteiger partial charge in [-0.3, -0.25) is 4.90 Å². The fourth-order valence-electron chi connectivity index (χ4n) is 1.58. The number of halogens is 1. The molecule has 0 bridgehead atoms. The van der Waals surface area contributed by atoms with Crippen molar-refractivity contribution in [3.05, 3.63) is 12.2 Å². The number of hydrogen-bond donors (Lipinski definition) is 0. The molecule has 1 rings (SSSR count). The van der Waals surface area contributed by atoms with E-state index in [0.717, 1.165) is 32.0 Å². The number of nitrogens with zero attached hydrogens (tertiary/aromatic N) is 4. The van der Waals surface area contributed by atoms with Crippen LogP contribution < -0.4 is 0 Å². The second-order valence-corrected chi connectivity index (χ2v) is 4.69. The maximum Gasteiger partial charge on any atom is 0.141 e. The third-order valence-electron chi connectivity index (χ3n) is 2.45. The highest BCUT2D eigenvalue weighted by atomic mass is 35.5. The summed E-state index contributed by atoms with van der Waals surface area (Å²) in [5, 5.41) is 4.25. The van der Waals surface area contributed by atoms with Crippen molar-refractivity contribution in [1.29, 1.82) is 0 Å². The Morgan fingerprint density at radius 2 is 2.25 bits per heavy atom. The van der Waals surface area contributed by atoms with Crippen molar-refractivity contribution < 1.29 is 0 Å². The van der Waals surface area contributed by atoms with Crippen LogP contribution in [0.5, 0.6) is 0 Å². The molecule has 92 valence electrons. The zero-order chi connectivity index (χ0) is 12.0. The molecule has 0 aliphatic heterocycles.